The third-order valence-electron chi connectivity index (χ3n) is 1.88. The molecule has 0 saturated heterocycles. The van der Waals surface area contributed by atoms with E-state index in [2.05, 4.69) is 15.5 Å². The number of aliphatic hydroxyl groups is 1. The number of aromatic nitrogens is 2. The summed E-state index contributed by atoms with van der Waals surface area (Å²) in [6, 6.07) is 0. The molecule has 0 radical (unpaired) electrons. The number of hydrogen-bond donors (Lipinski definition) is 2. The highest BCUT2D eigenvalue weighted by Gasteiger charge is 2.15. The van der Waals surface area contributed by atoms with Crippen molar-refractivity contribution in [3.8, 4) is 0 Å². The predicted octanol–water partition coefficient (Wildman–Crippen LogP) is 0.486. The van der Waals surface area contributed by atoms with Gasteiger partial charge in [-0.15, -0.1) is 0 Å². The average molecular weight is 199 g/mol. The fraction of sp³-hybridized carbons (Fsp3) is 0.778. The van der Waals surface area contributed by atoms with Gasteiger partial charge in [0, 0.05) is 25.5 Å². The van der Waals surface area contributed by atoms with E-state index in [1.54, 1.807) is 6.92 Å². The second-order valence-corrected chi connectivity index (χ2v) is 4.16. The molecule has 80 valence electrons. The van der Waals surface area contributed by atoms with Gasteiger partial charge in [-0.05, 0) is 0 Å². The maximum atomic E-state index is 9.01. The van der Waals surface area contributed by atoms with Gasteiger partial charge in [0.25, 0.3) is 0 Å². The van der Waals surface area contributed by atoms with Crippen LogP contribution in [0, 0.1) is 12.3 Å². The first kappa shape index (κ1) is 11.1. The van der Waals surface area contributed by atoms with Crippen molar-refractivity contribution in [2.75, 3.05) is 13.2 Å². The largest absolute Gasteiger partial charge is 0.396 e. The Morgan fingerprint density at radius 1 is 1.50 bits per heavy atom. The summed E-state index contributed by atoms with van der Waals surface area (Å²) in [5.74, 6) is 1.22. The van der Waals surface area contributed by atoms with Crippen LogP contribution < -0.4 is 5.32 Å². The minimum atomic E-state index is -0.112. The molecule has 0 aliphatic rings. The van der Waals surface area contributed by atoms with Crippen LogP contribution in [0.3, 0.4) is 0 Å². The Morgan fingerprint density at radius 2 is 2.21 bits per heavy atom. The SMILES string of the molecule is Cc1nc(CNCC(C)(C)CO)no1. The van der Waals surface area contributed by atoms with Crippen molar-refractivity contribution in [1.82, 2.24) is 15.5 Å². The van der Waals surface area contributed by atoms with Gasteiger partial charge < -0.3 is 14.9 Å². The molecule has 0 bridgehead atoms. The average Bonchev–Trinajstić information content (AvgIpc) is 2.51. The lowest BCUT2D eigenvalue weighted by atomic mass is 9.95. The molecule has 0 spiro atoms. The van der Waals surface area contributed by atoms with E-state index in [0.717, 1.165) is 6.54 Å². The molecule has 0 saturated carbocycles. The molecular formula is C9H17N3O2. The number of nitrogens with one attached hydrogen (secondary N) is 1. The van der Waals surface area contributed by atoms with Gasteiger partial charge in [-0.1, -0.05) is 19.0 Å². The van der Waals surface area contributed by atoms with E-state index in [1.807, 2.05) is 13.8 Å². The summed E-state index contributed by atoms with van der Waals surface area (Å²) >= 11 is 0. The summed E-state index contributed by atoms with van der Waals surface area (Å²) in [7, 11) is 0. The maximum Gasteiger partial charge on any atom is 0.223 e. The van der Waals surface area contributed by atoms with Crippen molar-refractivity contribution >= 4 is 0 Å². The first-order chi connectivity index (χ1) is 6.53. The third-order valence-corrected chi connectivity index (χ3v) is 1.88. The molecule has 0 fully saturated rings. The van der Waals surface area contributed by atoms with Crippen molar-refractivity contribution in [2.24, 2.45) is 5.41 Å². The van der Waals surface area contributed by atoms with Crippen LogP contribution in [0.1, 0.15) is 25.6 Å². The van der Waals surface area contributed by atoms with E-state index in [9.17, 15) is 0 Å². The summed E-state index contributed by atoms with van der Waals surface area (Å²) < 4.78 is 4.82. The highest BCUT2D eigenvalue weighted by molar-refractivity contribution is 4.83. The third kappa shape index (κ3) is 3.43. The van der Waals surface area contributed by atoms with Crippen molar-refractivity contribution in [3.05, 3.63) is 11.7 Å². The molecule has 5 heteroatoms. The highest BCUT2D eigenvalue weighted by Crippen LogP contribution is 2.11. The lowest BCUT2D eigenvalue weighted by Crippen LogP contribution is -2.32. The second-order valence-electron chi connectivity index (χ2n) is 4.16. The van der Waals surface area contributed by atoms with Crippen LogP contribution in [0.2, 0.25) is 0 Å². The zero-order valence-electron chi connectivity index (χ0n) is 8.87. The lowest BCUT2D eigenvalue weighted by Gasteiger charge is -2.21. The van der Waals surface area contributed by atoms with Gasteiger partial charge in [0.15, 0.2) is 5.82 Å². The van der Waals surface area contributed by atoms with Crippen LogP contribution in [-0.4, -0.2) is 28.4 Å². The molecule has 0 amide bonds. The molecule has 2 N–H and O–H groups in total. The molecule has 1 rings (SSSR count). The molecule has 1 heterocycles. The maximum absolute atomic E-state index is 9.01. The van der Waals surface area contributed by atoms with Crippen LogP contribution >= 0.6 is 0 Å². The van der Waals surface area contributed by atoms with E-state index < -0.39 is 0 Å². The van der Waals surface area contributed by atoms with E-state index >= 15 is 0 Å². The summed E-state index contributed by atoms with van der Waals surface area (Å²) in [4.78, 5) is 4.05. The fourth-order valence-corrected chi connectivity index (χ4v) is 0.982. The monoisotopic (exact) mass is 199 g/mol. The molecule has 14 heavy (non-hydrogen) atoms. The molecule has 1 aromatic heterocycles. The van der Waals surface area contributed by atoms with E-state index in [-0.39, 0.29) is 12.0 Å². The van der Waals surface area contributed by atoms with Crippen LogP contribution in [0.5, 0.6) is 0 Å². The predicted molar refractivity (Wildman–Crippen MR) is 51.6 cm³/mol. The smallest absolute Gasteiger partial charge is 0.223 e. The van der Waals surface area contributed by atoms with Gasteiger partial charge in [0.1, 0.15) is 0 Å². The normalized spacial score (nSPS) is 12.0. The van der Waals surface area contributed by atoms with Crippen LogP contribution in [0.25, 0.3) is 0 Å². The highest BCUT2D eigenvalue weighted by atomic mass is 16.5. The molecule has 0 aromatic carbocycles. The molecular weight excluding hydrogens is 182 g/mol. The Morgan fingerprint density at radius 3 is 2.71 bits per heavy atom. The Balaban J connectivity index is 2.28. The molecule has 5 nitrogen and oxygen atoms in total. The zero-order valence-corrected chi connectivity index (χ0v) is 8.87. The summed E-state index contributed by atoms with van der Waals surface area (Å²) in [6.07, 6.45) is 0. The summed E-state index contributed by atoms with van der Waals surface area (Å²) in [6.45, 7) is 7.18. The van der Waals surface area contributed by atoms with Crippen molar-refractivity contribution in [3.63, 3.8) is 0 Å². The molecule has 0 aliphatic carbocycles. The number of aryl methyl sites for hydroxylation is 1. The minimum absolute atomic E-state index is 0.112. The zero-order chi connectivity index (χ0) is 10.6. The topological polar surface area (TPSA) is 71.2 Å². The van der Waals surface area contributed by atoms with Gasteiger partial charge >= 0.3 is 0 Å². The van der Waals surface area contributed by atoms with Gasteiger partial charge in [0.2, 0.25) is 5.89 Å². The van der Waals surface area contributed by atoms with Crippen molar-refractivity contribution in [1.29, 1.82) is 0 Å². The molecule has 0 unspecified atom stereocenters. The minimum Gasteiger partial charge on any atom is -0.396 e. The Labute approximate surface area is 83.5 Å². The molecule has 1 aromatic rings. The van der Waals surface area contributed by atoms with E-state index in [1.165, 1.54) is 0 Å². The first-order valence-electron chi connectivity index (χ1n) is 4.64. The summed E-state index contributed by atoms with van der Waals surface area (Å²) in [5.41, 5.74) is -0.112. The standard InChI is InChI=1S/C9H17N3O2/c1-7-11-8(12-14-7)4-10-5-9(2,3)6-13/h10,13H,4-6H2,1-3H3. The van der Waals surface area contributed by atoms with Crippen LogP contribution in [0.15, 0.2) is 4.52 Å². The number of nitrogens with zero attached hydrogens (tertiary/aromatic N) is 2. The van der Waals surface area contributed by atoms with Crippen LogP contribution in [0.4, 0.5) is 0 Å². The Bertz CT molecular complexity index is 283. The van der Waals surface area contributed by atoms with E-state index in [0.29, 0.717) is 18.3 Å². The van der Waals surface area contributed by atoms with Gasteiger partial charge in [-0.25, -0.2) is 0 Å². The Hall–Kier alpha value is -0.940. The number of aliphatic hydroxyl groups excluding tert-OH is 1. The van der Waals surface area contributed by atoms with Gasteiger partial charge in [0.05, 0.1) is 6.54 Å². The number of rotatable bonds is 5. The van der Waals surface area contributed by atoms with Crippen molar-refractivity contribution in [2.45, 2.75) is 27.3 Å². The van der Waals surface area contributed by atoms with E-state index in [4.69, 9.17) is 9.63 Å². The van der Waals surface area contributed by atoms with Crippen LogP contribution in [-0.2, 0) is 6.54 Å². The van der Waals surface area contributed by atoms with Crippen molar-refractivity contribution < 1.29 is 9.63 Å². The number of hydrogen-bond acceptors (Lipinski definition) is 5. The first-order valence-corrected chi connectivity index (χ1v) is 4.64. The van der Waals surface area contributed by atoms with Gasteiger partial charge in [-0.3, -0.25) is 0 Å². The Kier molecular flexibility index (Phi) is 3.60. The lowest BCUT2D eigenvalue weighted by molar-refractivity contribution is 0.156. The van der Waals surface area contributed by atoms with Gasteiger partial charge in [-0.2, -0.15) is 4.98 Å². The molecule has 0 atom stereocenters. The quantitative estimate of drug-likeness (QED) is 0.722. The second kappa shape index (κ2) is 4.52. The molecule has 0 aliphatic heterocycles. The fourth-order valence-electron chi connectivity index (χ4n) is 0.982. The summed E-state index contributed by atoms with van der Waals surface area (Å²) in [5, 5.41) is 15.9.